The Balaban J connectivity index is 1.79. The zero-order chi connectivity index (χ0) is 25.6. The first-order valence-corrected chi connectivity index (χ1v) is 12.5. The maximum Gasteiger partial charge on any atom is 0.264 e. The van der Waals surface area contributed by atoms with Gasteiger partial charge in [-0.2, -0.15) is 0 Å². The summed E-state index contributed by atoms with van der Waals surface area (Å²) in [6.45, 7) is 3.62. The monoisotopic (exact) mass is 495 g/mol. The van der Waals surface area contributed by atoms with Gasteiger partial charge in [0.05, 0.1) is 23.3 Å². The van der Waals surface area contributed by atoms with Crippen LogP contribution in [0.4, 0.5) is 11.4 Å². The Kier molecular flexibility index (Phi) is 8.14. The van der Waals surface area contributed by atoms with Gasteiger partial charge in [0.1, 0.15) is 11.8 Å². The van der Waals surface area contributed by atoms with Crippen molar-refractivity contribution >= 4 is 33.2 Å². The average molecular weight is 496 g/mol. The van der Waals surface area contributed by atoms with Crippen molar-refractivity contribution in [1.82, 2.24) is 5.32 Å². The third-order valence-corrected chi connectivity index (χ3v) is 7.25. The summed E-state index contributed by atoms with van der Waals surface area (Å²) in [6, 6.07) is 20.6. The third kappa shape index (κ3) is 5.99. The van der Waals surface area contributed by atoms with Gasteiger partial charge in [-0.25, -0.2) is 8.42 Å². The topological polar surface area (TPSA) is 105 Å². The summed E-state index contributed by atoms with van der Waals surface area (Å²) in [5, 5.41) is 5.49. The van der Waals surface area contributed by atoms with Crippen molar-refractivity contribution in [3.63, 3.8) is 0 Å². The van der Waals surface area contributed by atoms with Crippen molar-refractivity contribution in [1.29, 1.82) is 0 Å². The number of hydrogen-bond donors (Lipinski definition) is 2. The van der Waals surface area contributed by atoms with Crippen molar-refractivity contribution in [2.24, 2.45) is 5.92 Å². The Hall–Kier alpha value is -3.85. The lowest BCUT2D eigenvalue weighted by molar-refractivity contribution is -0.118. The van der Waals surface area contributed by atoms with Crippen LogP contribution in [0.25, 0.3) is 0 Å². The predicted octanol–water partition coefficient (Wildman–Crippen LogP) is 3.91. The van der Waals surface area contributed by atoms with E-state index < -0.39 is 27.9 Å². The summed E-state index contributed by atoms with van der Waals surface area (Å²) in [7, 11) is -0.914. The second-order valence-electron chi connectivity index (χ2n) is 8.22. The van der Waals surface area contributed by atoms with Gasteiger partial charge in [-0.1, -0.05) is 50.2 Å². The molecule has 3 aromatic carbocycles. The molecule has 3 rings (SSSR count). The second kappa shape index (κ2) is 11.1. The lowest BCUT2D eigenvalue weighted by Gasteiger charge is -2.23. The molecule has 0 saturated carbocycles. The van der Waals surface area contributed by atoms with E-state index in [9.17, 15) is 18.0 Å². The molecule has 0 bridgehead atoms. The van der Waals surface area contributed by atoms with Crippen LogP contribution in [0.2, 0.25) is 0 Å². The number of nitrogens with zero attached hydrogens (tertiary/aromatic N) is 1. The molecule has 0 saturated heterocycles. The minimum atomic E-state index is -3.85. The van der Waals surface area contributed by atoms with Crippen LogP contribution in [0, 0.1) is 5.92 Å². The lowest BCUT2D eigenvalue weighted by Crippen LogP contribution is -2.47. The Morgan fingerprint density at radius 2 is 1.57 bits per heavy atom. The zero-order valence-electron chi connectivity index (χ0n) is 20.1. The summed E-state index contributed by atoms with van der Waals surface area (Å²) in [6.07, 6.45) is 0. The summed E-state index contributed by atoms with van der Waals surface area (Å²) >= 11 is 0. The Labute approximate surface area is 206 Å². The molecular formula is C26H29N3O5S. The van der Waals surface area contributed by atoms with Crippen LogP contribution in [0.5, 0.6) is 5.75 Å². The van der Waals surface area contributed by atoms with Gasteiger partial charge in [0.2, 0.25) is 5.91 Å². The van der Waals surface area contributed by atoms with Gasteiger partial charge in [0, 0.05) is 12.7 Å². The van der Waals surface area contributed by atoms with E-state index in [4.69, 9.17) is 4.74 Å². The van der Waals surface area contributed by atoms with Crippen molar-refractivity contribution in [2.45, 2.75) is 24.8 Å². The minimum absolute atomic E-state index is 0.0285. The van der Waals surface area contributed by atoms with Crippen LogP contribution in [0.3, 0.4) is 0 Å². The molecule has 0 spiro atoms. The third-order valence-electron chi connectivity index (χ3n) is 5.47. The number of ether oxygens (including phenoxy) is 1. The van der Waals surface area contributed by atoms with E-state index in [1.54, 1.807) is 66.7 Å². The first-order valence-electron chi connectivity index (χ1n) is 11.0. The first-order chi connectivity index (χ1) is 16.6. The number of carbonyl (C=O) groups excluding carboxylic acids is 2. The van der Waals surface area contributed by atoms with Crippen LogP contribution in [0.15, 0.2) is 83.8 Å². The highest BCUT2D eigenvalue weighted by Crippen LogP contribution is 2.24. The Bertz CT molecular complexity index is 1290. The molecule has 0 aromatic heterocycles. The van der Waals surface area contributed by atoms with E-state index in [1.807, 2.05) is 13.8 Å². The fourth-order valence-electron chi connectivity index (χ4n) is 3.48. The van der Waals surface area contributed by atoms with Gasteiger partial charge >= 0.3 is 0 Å². The fraction of sp³-hybridized carbons (Fsp3) is 0.231. The highest BCUT2D eigenvalue weighted by molar-refractivity contribution is 7.92. The molecule has 2 N–H and O–H groups in total. The summed E-state index contributed by atoms with van der Waals surface area (Å²) in [5.41, 5.74) is 1.13. The van der Waals surface area contributed by atoms with E-state index in [0.717, 1.165) is 0 Å². The van der Waals surface area contributed by atoms with Crippen molar-refractivity contribution < 1.29 is 22.7 Å². The molecule has 1 atom stereocenters. The molecule has 9 heteroatoms. The second-order valence-corrected chi connectivity index (χ2v) is 10.2. The molecule has 0 aliphatic heterocycles. The molecule has 0 unspecified atom stereocenters. The fourth-order valence-corrected chi connectivity index (χ4v) is 4.72. The minimum Gasteiger partial charge on any atom is -0.496 e. The number of benzene rings is 3. The van der Waals surface area contributed by atoms with Crippen molar-refractivity contribution in [3.05, 3.63) is 84.4 Å². The number of sulfonamides is 1. The number of anilines is 2. The Morgan fingerprint density at radius 1 is 0.914 bits per heavy atom. The van der Waals surface area contributed by atoms with Gasteiger partial charge in [0.15, 0.2) is 0 Å². The SMILES string of the molecule is COc1ccccc1C(=O)N[C@H](C(=O)Nc1cccc(S(=O)(=O)N(C)c2ccccc2)c1)C(C)C. The number of carbonyl (C=O) groups is 2. The highest BCUT2D eigenvalue weighted by Gasteiger charge is 2.27. The highest BCUT2D eigenvalue weighted by atomic mass is 32.2. The van der Waals surface area contributed by atoms with Crippen molar-refractivity contribution in [3.8, 4) is 5.75 Å². The number of nitrogens with one attached hydrogen (secondary N) is 2. The van der Waals surface area contributed by atoms with E-state index in [0.29, 0.717) is 22.7 Å². The van der Waals surface area contributed by atoms with Gasteiger partial charge in [-0.05, 0) is 48.4 Å². The molecule has 0 radical (unpaired) electrons. The average Bonchev–Trinajstić information content (AvgIpc) is 2.86. The molecule has 8 nitrogen and oxygen atoms in total. The normalized spacial score (nSPS) is 12.0. The van der Waals surface area contributed by atoms with E-state index in [-0.39, 0.29) is 10.8 Å². The van der Waals surface area contributed by atoms with E-state index in [1.165, 1.54) is 30.6 Å². The molecule has 0 aliphatic carbocycles. The maximum absolute atomic E-state index is 13.1. The van der Waals surface area contributed by atoms with Crippen LogP contribution in [0.1, 0.15) is 24.2 Å². The first kappa shape index (κ1) is 25.8. The predicted molar refractivity (Wildman–Crippen MR) is 136 cm³/mol. The Morgan fingerprint density at radius 3 is 2.23 bits per heavy atom. The molecule has 35 heavy (non-hydrogen) atoms. The van der Waals surface area contributed by atoms with E-state index >= 15 is 0 Å². The van der Waals surface area contributed by atoms with Gasteiger partial charge < -0.3 is 15.4 Å². The molecule has 0 fully saturated rings. The van der Waals surface area contributed by atoms with Crippen molar-refractivity contribution in [2.75, 3.05) is 23.8 Å². The number of para-hydroxylation sites is 2. The maximum atomic E-state index is 13.1. The number of amides is 2. The summed E-state index contributed by atoms with van der Waals surface area (Å²) in [5.74, 6) is -0.746. The number of methoxy groups -OCH3 is 1. The molecule has 0 heterocycles. The van der Waals surface area contributed by atoms with E-state index in [2.05, 4.69) is 10.6 Å². The number of hydrogen-bond acceptors (Lipinski definition) is 5. The molecule has 184 valence electrons. The summed E-state index contributed by atoms with van der Waals surface area (Å²) in [4.78, 5) is 25.9. The molecular weight excluding hydrogens is 466 g/mol. The summed E-state index contributed by atoms with van der Waals surface area (Å²) < 4.78 is 32.7. The van der Waals surface area contributed by atoms with Gasteiger partial charge in [-0.15, -0.1) is 0 Å². The van der Waals surface area contributed by atoms with Crippen LogP contribution in [-0.2, 0) is 14.8 Å². The quantitative estimate of drug-likeness (QED) is 0.468. The van der Waals surface area contributed by atoms with Crippen LogP contribution < -0.4 is 19.7 Å². The van der Waals surface area contributed by atoms with Crippen LogP contribution >= 0.6 is 0 Å². The van der Waals surface area contributed by atoms with Gasteiger partial charge in [0.25, 0.3) is 15.9 Å². The molecule has 2 amide bonds. The largest absolute Gasteiger partial charge is 0.496 e. The molecule has 3 aromatic rings. The lowest BCUT2D eigenvalue weighted by atomic mass is 10.0. The van der Waals surface area contributed by atoms with Crippen LogP contribution in [-0.4, -0.2) is 40.4 Å². The smallest absolute Gasteiger partial charge is 0.264 e. The standard InChI is InChI=1S/C26H29N3O5S/c1-18(2)24(28-25(30)22-15-8-9-16-23(22)34-4)26(31)27-19-11-10-14-21(17-19)35(32,33)29(3)20-12-6-5-7-13-20/h5-18,24H,1-4H3,(H,27,31)(H,28,30)/t24-/m0/s1. The molecule has 0 aliphatic rings. The zero-order valence-corrected chi connectivity index (χ0v) is 20.9. The van der Waals surface area contributed by atoms with Gasteiger partial charge in [-0.3, -0.25) is 13.9 Å². The number of rotatable bonds is 9.